The zero-order valence-corrected chi connectivity index (χ0v) is 18.2. The second-order valence-corrected chi connectivity index (χ2v) is 7.19. The largest absolute Gasteiger partial charge is 0.349 e. The van der Waals surface area contributed by atoms with Crippen LogP contribution in [0.3, 0.4) is 0 Å². The number of rotatable bonds is 6. The highest BCUT2D eigenvalue weighted by Crippen LogP contribution is 2.25. The highest BCUT2D eigenvalue weighted by molar-refractivity contribution is 9.10. The minimum Gasteiger partial charge on any atom is -0.349 e. The summed E-state index contributed by atoms with van der Waals surface area (Å²) in [6.07, 6.45) is 0.620. The van der Waals surface area contributed by atoms with Crippen molar-refractivity contribution < 1.29 is 14.3 Å². The highest BCUT2D eigenvalue weighted by Gasteiger charge is 2.13. The van der Waals surface area contributed by atoms with Gasteiger partial charge in [0.05, 0.1) is 0 Å². The first-order valence-corrected chi connectivity index (χ1v) is 9.72. The summed E-state index contributed by atoms with van der Waals surface area (Å²) in [5.41, 5.74) is 4.03. The maximum Gasteiger partial charge on any atom is 0.184 e. The van der Waals surface area contributed by atoms with E-state index >= 15 is 0 Å². The van der Waals surface area contributed by atoms with Crippen molar-refractivity contribution >= 4 is 38.1 Å². The lowest BCUT2D eigenvalue weighted by atomic mass is 10.1. The number of hydrogen-bond acceptors (Lipinski definition) is 3. The summed E-state index contributed by atoms with van der Waals surface area (Å²) in [4.78, 5) is 10.3. The lowest BCUT2D eigenvalue weighted by Gasteiger charge is -2.19. The molecule has 0 spiro atoms. The number of halogens is 2. The molecule has 0 unspecified atom stereocenters. The Kier molecular flexibility index (Phi) is 12.7. The van der Waals surface area contributed by atoms with Crippen LogP contribution >= 0.6 is 31.9 Å². The Bertz CT molecular complexity index is 681. The third-order valence-electron chi connectivity index (χ3n) is 3.48. The Morgan fingerprint density at radius 3 is 1.85 bits per heavy atom. The summed E-state index contributed by atoms with van der Waals surface area (Å²) in [6, 6.07) is 11.7. The maximum atomic E-state index is 10.3. The van der Waals surface area contributed by atoms with Crippen molar-refractivity contribution in [1.82, 2.24) is 0 Å². The topological polar surface area (TPSA) is 35.5 Å². The van der Waals surface area contributed by atoms with E-state index in [9.17, 15) is 4.79 Å². The first-order valence-electron chi connectivity index (χ1n) is 8.13. The predicted octanol–water partition coefficient (Wildman–Crippen LogP) is 7.04. The molecule has 0 radical (unpaired) electrons. The van der Waals surface area contributed by atoms with E-state index in [-0.39, 0.29) is 13.7 Å². The molecule has 3 nitrogen and oxygen atoms in total. The molecule has 0 aliphatic carbocycles. The minimum atomic E-state index is -0.243. The fourth-order valence-electron chi connectivity index (χ4n) is 2.21. The molecule has 0 saturated carbocycles. The maximum absolute atomic E-state index is 10.3. The summed E-state index contributed by atoms with van der Waals surface area (Å²) < 4.78 is 13.2. The molecule has 2 aromatic carbocycles. The van der Waals surface area contributed by atoms with Crippen molar-refractivity contribution in [3.63, 3.8) is 0 Å². The van der Waals surface area contributed by atoms with Gasteiger partial charge in [0.15, 0.2) is 6.29 Å². The number of ether oxygens (including phenoxy) is 2. The first kappa shape index (κ1) is 25.0. The van der Waals surface area contributed by atoms with Crippen molar-refractivity contribution in [1.29, 1.82) is 0 Å². The van der Waals surface area contributed by atoms with Gasteiger partial charge in [-0.15, -0.1) is 0 Å². The molecule has 2 rings (SSSR count). The van der Waals surface area contributed by atoms with Crippen LogP contribution in [0.5, 0.6) is 0 Å². The van der Waals surface area contributed by atoms with Crippen LogP contribution in [0.25, 0.3) is 0 Å². The average Bonchev–Trinajstić information content (AvgIpc) is 2.55. The van der Waals surface area contributed by atoms with Gasteiger partial charge in [-0.3, -0.25) is 4.79 Å². The lowest BCUT2D eigenvalue weighted by molar-refractivity contribution is -0.140. The van der Waals surface area contributed by atoms with Crippen LogP contribution in [0.2, 0.25) is 0 Å². The zero-order valence-electron chi connectivity index (χ0n) is 15.0. The van der Waals surface area contributed by atoms with Gasteiger partial charge in [0.1, 0.15) is 6.29 Å². The molecule has 0 aliphatic heterocycles. The quantitative estimate of drug-likeness (QED) is 0.324. The monoisotopic (exact) mass is 486 g/mol. The zero-order chi connectivity index (χ0) is 18.8. The second kappa shape index (κ2) is 13.2. The number of carbonyl (C=O) groups is 1. The molecular formula is C21H28Br2O3. The molecule has 0 aliphatic rings. The normalized spacial score (nSPS) is 9.96. The third kappa shape index (κ3) is 8.12. The average molecular weight is 488 g/mol. The smallest absolute Gasteiger partial charge is 0.184 e. The Hall–Kier alpha value is -1.01. The van der Waals surface area contributed by atoms with Gasteiger partial charge < -0.3 is 9.47 Å². The van der Waals surface area contributed by atoms with Gasteiger partial charge in [0, 0.05) is 33.3 Å². The molecule has 0 bridgehead atoms. The molecule has 0 amide bonds. The number of aldehydes is 1. The highest BCUT2D eigenvalue weighted by atomic mass is 79.9. The van der Waals surface area contributed by atoms with E-state index in [2.05, 4.69) is 44.8 Å². The first-order chi connectivity index (χ1) is 11.9. The summed E-state index contributed by atoms with van der Waals surface area (Å²) in [5.74, 6) is 0. The van der Waals surface area contributed by atoms with E-state index in [1.165, 1.54) is 5.56 Å². The van der Waals surface area contributed by atoms with E-state index in [0.29, 0.717) is 13.2 Å². The van der Waals surface area contributed by atoms with E-state index in [0.717, 1.165) is 31.9 Å². The predicted molar refractivity (Wildman–Crippen MR) is 116 cm³/mol. The molecular weight excluding hydrogens is 460 g/mol. The molecule has 0 N–H and O–H groups in total. The minimum absolute atomic E-state index is 0. The van der Waals surface area contributed by atoms with Crippen LogP contribution in [0, 0.1) is 13.8 Å². The molecule has 5 heteroatoms. The Labute approximate surface area is 174 Å². The van der Waals surface area contributed by atoms with Gasteiger partial charge >= 0.3 is 0 Å². The Morgan fingerprint density at radius 2 is 1.42 bits per heavy atom. The van der Waals surface area contributed by atoms with Gasteiger partial charge in [-0.1, -0.05) is 51.4 Å². The SMILES string of the molecule is C.CCOC(OCC)c1ccc(Br)cc1C.Cc1cc(Br)ccc1C=O. The van der Waals surface area contributed by atoms with E-state index in [1.54, 1.807) is 6.07 Å². The number of benzene rings is 2. The van der Waals surface area contributed by atoms with Crippen LogP contribution in [0.15, 0.2) is 45.3 Å². The van der Waals surface area contributed by atoms with Gasteiger partial charge in [0.25, 0.3) is 0 Å². The lowest BCUT2D eigenvalue weighted by Crippen LogP contribution is -2.10. The van der Waals surface area contributed by atoms with E-state index in [1.807, 2.05) is 45.0 Å². The number of carbonyl (C=O) groups excluding carboxylic acids is 1. The molecule has 0 saturated heterocycles. The number of aryl methyl sites for hydroxylation is 2. The van der Waals surface area contributed by atoms with Gasteiger partial charge in [-0.2, -0.15) is 0 Å². The van der Waals surface area contributed by atoms with Crippen molar-refractivity contribution in [2.24, 2.45) is 0 Å². The fraction of sp³-hybridized carbons (Fsp3) is 0.381. The van der Waals surface area contributed by atoms with E-state index < -0.39 is 0 Å². The van der Waals surface area contributed by atoms with E-state index in [4.69, 9.17) is 9.47 Å². The van der Waals surface area contributed by atoms with Crippen LogP contribution in [0.4, 0.5) is 0 Å². The molecule has 2 aromatic rings. The molecule has 0 fully saturated rings. The summed E-state index contributed by atoms with van der Waals surface area (Å²) in [6.45, 7) is 9.22. The van der Waals surface area contributed by atoms with Crippen LogP contribution in [-0.4, -0.2) is 19.5 Å². The summed E-state index contributed by atoms with van der Waals surface area (Å²) in [7, 11) is 0. The van der Waals surface area contributed by atoms with Crippen molar-refractivity contribution in [2.75, 3.05) is 13.2 Å². The second-order valence-electron chi connectivity index (χ2n) is 5.36. The standard InChI is InChI=1S/C12H17BrO2.C8H7BrO.CH4/c1-4-14-12(15-5-2)11-7-6-10(13)8-9(11)3;1-6-4-8(9)3-2-7(6)5-10;/h6-8,12H,4-5H2,1-3H3;2-5H,1H3;1H4. The van der Waals surface area contributed by atoms with Crippen LogP contribution in [0.1, 0.15) is 54.6 Å². The van der Waals surface area contributed by atoms with Gasteiger partial charge in [-0.05, 0) is 63.1 Å². The number of hydrogen-bond donors (Lipinski definition) is 0. The molecule has 0 atom stereocenters. The van der Waals surface area contributed by atoms with Crippen LogP contribution in [-0.2, 0) is 9.47 Å². The van der Waals surface area contributed by atoms with Gasteiger partial charge in [-0.25, -0.2) is 0 Å². The van der Waals surface area contributed by atoms with Crippen molar-refractivity contribution in [2.45, 2.75) is 41.4 Å². The molecule has 144 valence electrons. The van der Waals surface area contributed by atoms with Crippen LogP contribution < -0.4 is 0 Å². The van der Waals surface area contributed by atoms with Crippen molar-refractivity contribution in [3.05, 3.63) is 67.6 Å². The Morgan fingerprint density at radius 1 is 0.923 bits per heavy atom. The molecule has 0 aromatic heterocycles. The molecule has 26 heavy (non-hydrogen) atoms. The Balaban J connectivity index is 0.000000497. The summed E-state index contributed by atoms with van der Waals surface area (Å²) in [5, 5.41) is 0. The third-order valence-corrected chi connectivity index (χ3v) is 4.47. The van der Waals surface area contributed by atoms with Gasteiger partial charge in [0.2, 0.25) is 0 Å². The van der Waals surface area contributed by atoms with Crippen molar-refractivity contribution in [3.8, 4) is 0 Å². The summed E-state index contributed by atoms with van der Waals surface area (Å²) >= 11 is 6.75. The molecule has 0 heterocycles. The fourth-order valence-corrected chi connectivity index (χ4v) is 3.16.